The SMILES string of the molecule is CN1CCN=C1NCCN1CCN(C(=O)C2CCCCC2)CC1. The third kappa shape index (κ3) is 4.37. The van der Waals surface area contributed by atoms with Crippen LogP contribution in [0.4, 0.5) is 0 Å². The molecule has 0 bridgehead atoms. The molecule has 1 amide bonds. The Morgan fingerprint density at radius 1 is 1.13 bits per heavy atom. The molecule has 6 nitrogen and oxygen atoms in total. The zero-order valence-electron chi connectivity index (χ0n) is 14.5. The minimum atomic E-state index is 0.313. The molecule has 0 unspecified atom stereocenters. The number of hydrogen-bond donors (Lipinski definition) is 1. The number of likely N-dealkylation sites (N-methyl/N-ethyl adjacent to an activating group) is 1. The maximum absolute atomic E-state index is 12.6. The van der Waals surface area contributed by atoms with Crippen LogP contribution in [-0.4, -0.2) is 86.0 Å². The van der Waals surface area contributed by atoms with Crippen LogP contribution in [0.25, 0.3) is 0 Å². The number of aliphatic imine (C=N–C) groups is 1. The predicted octanol–water partition coefficient (Wildman–Crippen LogP) is 0.602. The van der Waals surface area contributed by atoms with Gasteiger partial charge in [-0.25, -0.2) is 0 Å². The summed E-state index contributed by atoms with van der Waals surface area (Å²) >= 11 is 0. The smallest absolute Gasteiger partial charge is 0.225 e. The fraction of sp³-hybridized carbons (Fsp3) is 0.882. The van der Waals surface area contributed by atoms with E-state index in [1.54, 1.807) is 0 Å². The summed E-state index contributed by atoms with van der Waals surface area (Å²) in [6.45, 7) is 7.68. The summed E-state index contributed by atoms with van der Waals surface area (Å²) in [5.74, 6) is 1.76. The molecule has 2 aliphatic heterocycles. The van der Waals surface area contributed by atoms with Crippen LogP contribution in [0.5, 0.6) is 0 Å². The van der Waals surface area contributed by atoms with E-state index in [4.69, 9.17) is 0 Å². The van der Waals surface area contributed by atoms with Crippen LogP contribution < -0.4 is 5.32 Å². The van der Waals surface area contributed by atoms with Gasteiger partial charge in [-0.3, -0.25) is 14.7 Å². The number of hydrogen-bond acceptors (Lipinski definition) is 5. The van der Waals surface area contributed by atoms with Crippen molar-refractivity contribution in [2.24, 2.45) is 10.9 Å². The van der Waals surface area contributed by atoms with Gasteiger partial charge in [0.2, 0.25) is 5.91 Å². The maximum Gasteiger partial charge on any atom is 0.225 e. The first-order chi connectivity index (χ1) is 11.2. The lowest BCUT2D eigenvalue weighted by Crippen LogP contribution is -2.52. The molecule has 130 valence electrons. The highest BCUT2D eigenvalue weighted by atomic mass is 16.2. The third-order valence-electron chi connectivity index (χ3n) is 5.41. The number of rotatable bonds is 4. The highest BCUT2D eigenvalue weighted by molar-refractivity contribution is 5.81. The first-order valence-electron chi connectivity index (χ1n) is 9.24. The Balaban J connectivity index is 1.34. The van der Waals surface area contributed by atoms with E-state index >= 15 is 0 Å². The van der Waals surface area contributed by atoms with E-state index < -0.39 is 0 Å². The standard InChI is InChI=1S/C17H31N5O/c1-20-9-7-18-17(20)19-8-10-21-11-13-22(14-12-21)16(23)15-5-3-2-4-6-15/h15H,2-14H2,1H3,(H,18,19). The number of amides is 1. The minimum Gasteiger partial charge on any atom is -0.355 e. The lowest BCUT2D eigenvalue weighted by atomic mass is 9.88. The van der Waals surface area contributed by atoms with E-state index in [9.17, 15) is 4.79 Å². The van der Waals surface area contributed by atoms with Crippen molar-refractivity contribution in [3.8, 4) is 0 Å². The largest absolute Gasteiger partial charge is 0.355 e. The highest BCUT2D eigenvalue weighted by Gasteiger charge is 2.28. The van der Waals surface area contributed by atoms with Crippen LogP contribution in [0.1, 0.15) is 32.1 Å². The summed E-state index contributed by atoms with van der Waals surface area (Å²) in [4.78, 5) is 23.7. The second kappa shape index (κ2) is 7.99. The second-order valence-electron chi connectivity index (χ2n) is 7.06. The molecule has 2 heterocycles. The van der Waals surface area contributed by atoms with Crippen LogP contribution in [0, 0.1) is 5.92 Å². The van der Waals surface area contributed by atoms with Crippen molar-refractivity contribution in [2.75, 3.05) is 59.4 Å². The summed E-state index contributed by atoms with van der Waals surface area (Å²) in [7, 11) is 2.08. The minimum absolute atomic E-state index is 0.313. The number of carbonyl (C=O) groups excluding carboxylic acids is 1. The Hall–Kier alpha value is -1.30. The molecule has 0 spiro atoms. The van der Waals surface area contributed by atoms with Gasteiger partial charge in [-0.15, -0.1) is 0 Å². The van der Waals surface area contributed by atoms with Gasteiger partial charge in [-0.05, 0) is 12.8 Å². The van der Waals surface area contributed by atoms with Gasteiger partial charge in [-0.2, -0.15) is 0 Å². The van der Waals surface area contributed by atoms with E-state index in [2.05, 4.69) is 32.1 Å². The first kappa shape index (κ1) is 16.6. The van der Waals surface area contributed by atoms with Crippen molar-refractivity contribution >= 4 is 11.9 Å². The summed E-state index contributed by atoms with van der Waals surface area (Å²) in [5.41, 5.74) is 0. The van der Waals surface area contributed by atoms with Gasteiger partial charge >= 0.3 is 0 Å². The van der Waals surface area contributed by atoms with Crippen molar-refractivity contribution < 1.29 is 4.79 Å². The zero-order chi connectivity index (χ0) is 16.1. The average molecular weight is 321 g/mol. The van der Waals surface area contributed by atoms with Gasteiger partial charge in [-0.1, -0.05) is 19.3 Å². The molecule has 1 saturated carbocycles. The van der Waals surface area contributed by atoms with Crippen molar-refractivity contribution in [3.63, 3.8) is 0 Å². The predicted molar refractivity (Wildman–Crippen MR) is 92.5 cm³/mol. The second-order valence-corrected chi connectivity index (χ2v) is 7.06. The maximum atomic E-state index is 12.6. The molecule has 1 saturated heterocycles. The molecule has 0 radical (unpaired) electrons. The van der Waals surface area contributed by atoms with Gasteiger partial charge in [0.15, 0.2) is 5.96 Å². The van der Waals surface area contributed by atoms with Crippen LogP contribution >= 0.6 is 0 Å². The average Bonchev–Trinajstić information content (AvgIpc) is 3.01. The summed E-state index contributed by atoms with van der Waals surface area (Å²) in [6, 6.07) is 0. The lowest BCUT2D eigenvalue weighted by Gasteiger charge is -2.37. The van der Waals surface area contributed by atoms with E-state index in [0.29, 0.717) is 11.8 Å². The molecule has 0 aromatic carbocycles. The van der Waals surface area contributed by atoms with Crippen molar-refractivity contribution in [1.82, 2.24) is 20.0 Å². The van der Waals surface area contributed by atoms with Gasteiger partial charge in [0.25, 0.3) is 0 Å². The quantitative estimate of drug-likeness (QED) is 0.824. The van der Waals surface area contributed by atoms with Crippen molar-refractivity contribution in [2.45, 2.75) is 32.1 Å². The molecule has 0 aromatic heterocycles. The van der Waals surface area contributed by atoms with Gasteiger partial charge < -0.3 is 15.1 Å². The Kier molecular flexibility index (Phi) is 5.75. The Morgan fingerprint density at radius 3 is 2.52 bits per heavy atom. The number of carbonyl (C=O) groups is 1. The Labute approximate surface area is 139 Å². The van der Waals surface area contributed by atoms with Crippen LogP contribution in [0.2, 0.25) is 0 Å². The first-order valence-corrected chi connectivity index (χ1v) is 9.24. The molecule has 3 aliphatic rings. The molecule has 0 aromatic rings. The van der Waals surface area contributed by atoms with Gasteiger partial charge in [0, 0.05) is 58.8 Å². The van der Waals surface area contributed by atoms with Gasteiger partial charge in [0.1, 0.15) is 0 Å². The topological polar surface area (TPSA) is 51.2 Å². The zero-order valence-corrected chi connectivity index (χ0v) is 14.5. The van der Waals surface area contributed by atoms with Gasteiger partial charge in [0.05, 0.1) is 6.54 Å². The Morgan fingerprint density at radius 2 is 1.87 bits per heavy atom. The van der Waals surface area contributed by atoms with E-state index in [-0.39, 0.29) is 0 Å². The molecule has 0 atom stereocenters. The highest BCUT2D eigenvalue weighted by Crippen LogP contribution is 2.25. The molecule has 1 N–H and O–H groups in total. The van der Waals surface area contributed by atoms with E-state index in [1.165, 1.54) is 19.3 Å². The number of piperazine rings is 1. The molecular weight excluding hydrogens is 290 g/mol. The summed E-state index contributed by atoms with van der Waals surface area (Å²) in [6.07, 6.45) is 6.00. The number of nitrogens with one attached hydrogen (secondary N) is 1. The fourth-order valence-electron chi connectivity index (χ4n) is 3.85. The normalized spacial score (nSPS) is 24.0. The van der Waals surface area contributed by atoms with Crippen LogP contribution in [0.15, 0.2) is 4.99 Å². The number of guanidine groups is 1. The lowest BCUT2D eigenvalue weighted by molar-refractivity contribution is -0.138. The fourth-order valence-corrected chi connectivity index (χ4v) is 3.85. The van der Waals surface area contributed by atoms with Crippen molar-refractivity contribution in [1.29, 1.82) is 0 Å². The Bertz CT molecular complexity index is 425. The van der Waals surface area contributed by atoms with E-state index in [1.807, 2.05) is 0 Å². The monoisotopic (exact) mass is 321 g/mol. The molecule has 6 heteroatoms. The van der Waals surface area contributed by atoms with E-state index in [0.717, 1.165) is 71.2 Å². The molecule has 2 fully saturated rings. The van der Waals surface area contributed by atoms with Crippen LogP contribution in [0.3, 0.4) is 0 Å². The summed E-state index contributed by atoms with van der Waals surface area (Å²) < 4.78 is 0. The van der Waals surface area contributed by atoms with Crippen molar-refractivity contribution in [3.05, 3.63) is 0 Å². The molecule has 3 rings (SSSR count). The third-order valence-corrected chi connectivity index (χ3v) is 5.41. The summed E-state index contributed by atoms with van der Waals surface area (Å²) in [5, 5.41) is 3.42. The molecular formula is C17H31N5O. The number of nitrogens with zero attached hydrogens (tertiary/aromatic N) is 4. The molecule has 23 heavy (non-hydrogen) atoms. The van der Waals surface area contributed by atoms with Crippen LogP contribution in [-0.2, 0) is 4.79 Å². The molecule has 1 aliphatic carbocycles.